The van der Waals surface area contributed by atoms with Crippen LogP contribution in [0.4, 0.5) is 4.79 Å². The Morgan fingerprint density at radius 2 is 2.05 bits per heavy atom. The van der Waals surface area contributed by atoms with Gasteiger partial charge in [-0.2, -0.15) is 0 Å². The lowest BCUT2D eigenvalue weighted by Crippen LogP contribution is -2.43. The van der Waals surface area contributed by atoms with Crippen LogP contribution >= 0.6 is 0 Å². The van der Waals surface area contributed by atoms with Crippen LogP contribution < -0.4 is 10.1 Å². The summed E-state index contributed by atoms with van der Waals surface area (Å²) in [7, 11) is 1.65. The number of carbonyl (C=O) groups is 1. The van der Waals surface area contributed by atoms with E-state index in [1.165, 1.54) is 4.90 Å². The normalized spacial score (nSPS) is 13.4. The van der Waals surface area contributed by atoms with Crippen LogP contribution in [0.15, 0.2) is 24.3 Å². The van der Waals surface area contributed by atoms with Gasteiger partial charge < -0.3 is 20.1 Å². The predicted molar refractivity (Wildman–Crippen MR) is 79.0 cm³/mol. The zero-order valence-corrected chi connectivity index (χ0v) is 12.6. The number of urea groups is 1. The largest absolute Gasteiger partial charge is 0.489 e. The Morgan fingerprint density at radius 3 is 2.65 bits per heavy atom. The molecule has 2 amide bonds. The summed E-state index contributed by atoms with van der Waals surface area (Å²) in [6, 6.07) is 7.56. The summed E-state index contributed by atoms with van der Waals surface area (Å²) in [4.78, 5) is 13.2. The third-order valence-electron chi connectivity index (χ3n) is 2.85. The molecule has 20 heavy (non-hydrogen) atoms. The molecule has 0 bridgehead atoms. The lowest BCUT2D eigenvalue weighted by atomic mass is 10.2. The molecule has 0 aliphatic heterocycles. The number of aliphatic hydroxyl groups is 1. The van der Waals surface area contributed by atoms with E-state index in [1.54, 1.807) is 14.0 Å². The van der Waals surface area contributed by atoms with E-state index < -0.39 is 6.10 Å². The molecule has 2 N–H and O–H groups in total. The number of nitrogens with zero attached hydrogens (tertiary/aromatic N) is 1. The van der Waals surface area contributed by atoms with Crippen LogP contribution in [-0.4, -0.2) is 48.4 Å². The van der Waals surface area contributed by atoms with Crippen molar-refractivity contribution in [2.75, 3.05) is 20.1 Å². The highest BCUT2D eigenvalue weighted by molar-refractivity contribution is 5.73. The van der Waals surface area contributed by atoms with Crippen molar-refractivity contribution in [1.29, 1.82) is 0 Å². The number of hydrogen-bond acceptors (Lipinski definition) is 3. The Kier molecular flexibility index (Phi) is 6.31. The van der Waals surface area contributed by atoms with E-state index in [4.69, 9.17) is 4.74 Å². The van der Waals surface area contributed by atoms with Crippen molar-refractivity contribution in [2.45, 2.75) is 33.0 Å². The minimum atomic E-state index is -0.536. The summed E-state index contributed by atoms with van der Waals surface area (Å²) in [5.41, 5.74) is 1.07. The van der Waals surface area contributed by atoms with E-state index in [0.29, 0.717) is 13.1 Å². The number of aliphatic hydroxyl groups excluding tert-OH is 1. The lowest BCUT2D eigenvalue weighted by molar-refractivity contribution is 0.141. The number of amides is 2. The number of para-hydroxylation sites is 1. The fraction of sp³-hybridized carbons (Fsp3) is 0.533. The molecule has 0 saturated heterocycles. The molecule has 2 unspecified atom stereocenters. The van der Waals surface area contributed by atoms with Gasteiger partial charge in [-0.1, -0.05) is 18.2 Å². The Labute approximate surface area is 120 Å². The summed E-state index contributed by atoms with van der Waals surface area (Å²) in [5.74, 6) is 0.826. The van der Waals surface area contributed by atoms with Gasteiger partial charge in [0.15, 0.2) is 0 Å². The van der Waals surface area contributed by atoms with Gasteiger partial charge in [0.25, 0.3) is 0 Å². The highest BCUT2D eigenvalue weighted by atomic mass is 16.5. The average molecular weight is 280 g/mol. The zero-order chi connectivity index (χ0) is 15.1. The number of aryl methyl sites for hydroxylation is 1. The van der Waals surface area contributed by atoms with Crippen molar-refractivity contribution in [3.05, 3.63) is 29.8 Å². The maximum Gasteiger partial charge on any atom is 0.317 e. The first kappa shape index (κ1) is 16.3. The number of likely N-dealkylation sites (N-methyl/N-ethyl adjacent to an activating group) is 1. The fourth-order valence-electron chi connectivity index (χ4n) is 1.79. The molecule has 0 spiro atoms. The number of rotatable bonds is 6. The van der Waals surface area contributed by atoms with Crippen LogP contribution in [0.2, 0.25) is 0 Å². The van der Waals surface area contributed by atoms with Gasteiger partial charge in [0.1, 0.15) is 11.9 Å². The topological polar surface area (TPSA) is 61.8 Å². The second kappa shape index (κ2) is 7.75. The van der Waals surface area contributed by atoms with E-state index in [0.717, 1.165) is 11.3 Å². The monoisotopic (exact) mass is 280 g/mol. The van der Waals surface area contributed by atoms with Crippen molar-refractivity contribution in [3.63, 3.8) is 0 Å². The van der Waals surface area contributed by atoms with Crippen LogP contribution in [0.25, 0.3) is 0 Å². The number of nitrogens with one attached hydrogen (secondary N) is 1. The van der Waals surface area contributed by atoms with E-state index in [9.17, 15) is 9.90 Å². The Morgan fingerprint density at radius 1 is 1.40 bits per heavy atom. The molecule has 5 nitrogen and oxygen atoms in total. The molecule has 0 saturated carbocycles. The first-order valence-electron chi connectivity index (χ1n) is 6.79. The molecule has 112 valence electrons. The molecular formula is C15H24N2O3. The highest BCUT2D eigenvalue weighted by Crippen LogP contribution is 2.17. The average Bonchev–Trinajstić information content (AvgIpc) is 2.38. The van der Waals surface area contributed by atoms with Crippen LogP contribution in [0.1, 0.15) is 19.4 Å². The SMILES string of the molecule is Cc1ccccc1OC(C)CNC(=O)N(C)CC(C)O. The van der Waals surface area contributed by atoms with E-state index >= 15 is 0 Å². The standard InChI is InChI=1S/C15H24N2O3/c1-11-7-5-6-8-14(11)20-13(3)9-16-15(19)17(4)10-12(2)18/h5-8,12-13,18H,9-10H2,1-4H3,(H,16,19). The maximum atomic E-state index is 11.8. The van der Waals surface area contributed by atoms with Crippen molar-refractivity contribution in [3.8, 4) is 5.75 Å². The van der Waals surface area contributed by atoms with Crippen LogP contribution in [0, 0.1) is 6.92 Å². The molecule has 2 atom stereocenters. The van der Waals surface area contributed by atoms with Gasteiger partial charge in [-0.05, 0) is 32.4 Å². The van der Waals surface area contributed by atoms with Crippen LogP contribution in [-0.2, 0) is 0 Å². The van der Waals surface area contributed by atoms with Crippen LogP contribution in [0.5, 0.6) is 5.75 Å². The summed E-state index contributed by atoms with van der Waals surface area (Å²) in [5, 5.41) is 12.0. The molecule has 1 rings (SSSR count). The van der Waals surface area contributed by atoms with Gasteiger partial charge in [0.2, 0.25) is 0 Å². The zero-order valence-electron chi connectivity index (χ0n) is 12.6. The number of hydrogen-bond donors (Lipinski definition) is 2. The fourth-order valence-corrected chi connectivity index (χ4v) is 1.79. The highest BCUT2D eigenvalue weighted by Gasteiger charge is 2.12. The van der Waals surface area contributed by atoms with Crippen molar-refractivity contribution < 1.29 is 14.6 Å². The number of benzene rings is 1. The molecule has 0 aromatic heterocycles. The van der Waals surface area contributed by atoms with Crippen molar-refractivity contribution in [1.82, 2.24) is 10.2 Å². The molecule has 0 aliphatic rings. The van der Waals surface area contributed by atoms with Gasteiger partial charge in [0, 0.05) is 13.6 Å². The minimum Gasteiger partial charge on any atom is -0.489 e. The third kappa shape index (κ3) is 5.48. The summed E-state index contributed by atoms with van der Waals surface area (Å²) in [6.45, 7) is 6.25. The first-order valence-corrected chi connectivity index (χ1v) is 6.79. The van der Waals surface area contributed by atoms with Crippen LogP contribution in [0.3, 0.4) is 0 Å². The quantitative estimate of drug-likeness (QED) is 0.835. The molecule has 0 radical (unpaired) electrons. The Bertz CT molecular complexity index is 435. The molecule has 5 heteroatoms. The van der Waals surface area contributed by atoms with E-state index in [2.05, 4.69) is 5.32 Å². The molecule has 0 heterocycles. The van der Waals surface area contributed by atoms with Gasteiger partial charge in [0.05, 0.1) is 12.6 Å². The molecule has 0 fully saturated rings. The summed E-state index contributed by atoms with van der Waals surface area (Å²) < 4.78 is 5.77. The van der Waals surface area contributed by atoms with E-state index in [-0.39, 0.29) is 12.1 Å². The number of carbonyl (C=O) groups excluding carboxylic acids is 1. The van der Waals surface area contributed by atoms with Gasteiger partial charge in [-0.25, -0.2) is 4.79 Å². The molecular weight excluding hydrogens is 256 g/mol. The summed E-state index contributed by atoms with van der Waals surface area (Å²) >= 11 is 0. The smallest absolute Gasteiger partial charge is 0.317 e. The van der Waals surface area contributed by atoms with Crippen molar-refractivity contribution >= 4 is 6.03 Å². The summed E-state index contributed by atoms with van der Waals surface area (Å²) in [6.07, 6.45) is -0.661. The Balaban J connectivity index is 2.38. The van der Waals surface area contributed by atoms with Crippen molar-refractivity contribution in [2.24, 2.45) is 0 Å². The molecule has 1 aromatic carbocycles. The predicted octanol–water partition coefficient (Wildman–Crippen LogP) is 1.78. The Hall–Kier alpha value is -1.75. The van der Waals surface area contributed by atoms with Gasteiger partial charge >= 0.3 is 6.03 Å². The second-order valence-electron chi connectivity index (χ2n) is 5.11. The first-order chi connectivity index (χ1) is 9.40. The molecule has 0 aliphatic carbocycles. The second-order valence-corrected chi connectivity index (χ2v) is 5.11. The minimum absolute atomic E-state index is 0.125. The third-order valence-corrected chi connectivity index (χ3v) is 2.85. The maximum absolute atomic E-state index is 11.8. The number of ether oxygens (including phenoxy) is 1. The lowest BCUT2D eigenvalue weighted by Gasteiger charge is -2.21. The molecule has 1 aromatic rings. The van der Waals surface area contributed by atoms with Gasteiger partial charge in [-0.3, -0.25) is 0 Å². The van der Waals surface area contributed by atoms with Gasteiger partial charge in [-0.15, -0.1) is 0 Å². The van der Waals surface area contributed by atoms with E-state index in [1.807, 2.05) is 38.1 Å².